The number of rotatable bonds is 7. The Morgan fingerprint density at radius 3 is 2.50 bits per heavy atom. The summed E-state index contributed by atoms with van der Waals surface area (Å²) in [4.78, 5) is 11.8. The molecule has 1 aromatic rings. The molecule has 0 saturated heterocycles. The molecular formula is C22H37NO3. The number of hydrogen-bond acceptors (Lipinski definition) is 3. The van der Waals surface area contributed by atoms with Crippen molar-refractivity contribution in [2.45, 2.75) is 73.3 Å². The van der Waals surface area contributed by atoms with Gasteiger partial charge in [0.15, 0.2) is 0 Å². The number of amides is 1. The molecular weight excluding hydrogens is 326 g/mol. The van der Waals surface area contributed by atoms with Gasteiger partial charge in [-0.15, -0.1) is 0 Å². The second-order valence-electron chi connectivity index (χ2n) is 8.06. The van der Waals surface area contributed by atoms with E-state index in [4.69, 9.17) is 9.47 Å². The van der Waals surface area contributed by atoms with Gasteiger partial charge in [-0.2, -0.15) is 0 Å². The van der Waals surface area contributed by atoms with Crippen LogP contribution >= 0.6 is 0 Å². The summed E-state index contributed by atoms with van der Waals surface area (Å²) in [7, 11) is 0. The predicted molar refractivity (Wildman–Crippen MR) is 108 cm³/mol. The Labute approximate surface area is 159 Å². The van der Waals surface area contributed by atoms with Crippen molar-refractivity contribution < 1.29 is 14.3 Å². The van der Waals surface area contributed by atoms with Gasteiger partial charge in [0.1, 0.15) is 11.4 Å². The average molecular weight is 364 g/mol. The van der Waals surface area contributed by atoms with E-state index in [0.29, 0.717) is 12.5 Å². The summed E-state index contributed by atoms with van der Waals surface area (Å²) in [6.45, 7) is 15.2. The maximum atomic E-state index is 11.8. The lowest BCUT2D eigenvalue weighted by atomic mass is 9.99. The number of carbonyl (C=O) groups excluding carboxylic acids is 1. The largest absolute Gasteiger partial charge is 0.493 e. The molecule has 1 fully saturated rings. The first-order valence-corrected chi connectivity index (χ1v) is 9.92. The van der Waals surface area contributed by atoms with Crippen LogP contribution in [0.15, 0.2) is 18.2 Å². The molecule has 1 aliphatic rings. The number of benzene rings is 1. The molecule has 4 nitrogen and oxygen atoms in total. The Kier molecular flexibility index (Phi) is 8.97. The maximum absolute atomic E-state index is 11.8. The van der Waals surface area contributed by atoms with Gasteiger partial charge in [0.2, 0.25) is 0 Å². The summed E-state index contributed by atoms with van der Waals surface area (Å²) in [5, 5.41) is 2.85. The van der Waals surface area contributed by atoms with Crippen molar-refractivity contribution in [2.75, 3.05) is 13.2 Å². The third kappa shape index (κ3) is 9.12. The van der Waals surface area contributed by atoms with Crippen molar-refractivity contribution >= 4 is 6.09 Å². The topological polar surface area (TPSA) is 47.6 Å². The van der Waals surface area contributed by atoms with Crippen LogP contribution in [0.25, 0.3) is 0 Å². The molecule has 1 aliphatic carbocycles. The van der Waals surface area contributed by atoms with Crippen molar-refractivity contribution in [3.05, 3.63) is 29.3 Å². The molecule has 1 N–H and O–H groups in total. The number of nitrogens with one attached hydrogen (secondary N) is 1. The zero-order valence-electron chi connectivity index (χ0n) is 17.6. The number of carbonyl (C=O) groups is 1. The van der Waals surface area contributed by atoms with Crippen molar-refractivity contribution in [1.82, 2.24) is 5.32 Å². The fraction of sp³-hybridized carbons (Fsp3) is 0.682. The predicted octanol–water partition coefficient (Wildman–Crippen LogP) is 5.51. The minimum atomic E-state index is -0.465. The highest BCUT2D eigenvalue weighted by Crippen LogP contribution is 2.31. The van der Waals surface area contributed by atoms with Crippen LogP contribution in [0.2, 0.25) is 0 Å². The van der Waals surface area contributed by atoms with Crippen LogP contribution < -0.4 is 10.1 Å². The monoisotopic (exact) mass is 363 g/mol. The van der Waals surface area contributed by atoms with E-state index in [0.717, 1.165) is 24.7 Å². The quantitative estimate of drug-likeness (QED) is 0.694. The first-order chi connectivity index (χ1) is 12.2. The normalized spacial score (nSPS) is 14.7. The van der Waals surface area contributed by atoms with Crippen LogP contribution in [0.3, 0.4) is 0 Å². The minimum absolute atomic E-state index is 0.308. The molecule has 2 rings (SSSR count). The number of ether oxygens (including phenoxy) is 2. The van der Waals surface area contributed by atoms with Crippen LogP contribution in [0.5, 0.6) is 5.75 Å². The van der Waals surface area contributed by atoms with E-state index in [-0.39, 0.29) is 6.09 Å². The Morgan fingerprint density at radius 1 is 1.27 bits per heavy atom. The van der Waals surface area contributed by atoms with Gasteiger partial charge in [0.25, 0.3) is 0 Å². The van der Waals surface area contributed by atoms with Crippen LogP contribution in [0, 0.1) is 18.8 Å². The lowest BCUT2D eigenvalue weighted by molar-refractivity contribution is 0.0520. The summed E-state index contributed by atoms with van der Waals surface area (Å²) in [6.07, 6.45) is 3.09. The van der Waals surface area contributed by atoms with Crippen molar-refractivity contribution in [1.29, 1.82) is 0 Å². The van der Waals surface area contributed by atoms with E-state index < -0.39 is 5.60 Å². The summed E-state index contributed by atoms with van der Waals surface area (Å²) in [5.41, 5.74) is 1.98. The molecule has 1 aromatic carbocycles. The summed E-state index contributed by atoms with van der Waals surface area (Å²) < 4.78 is 11.3. The standard InChI is InChI=1S/C20H31NO3.C2H6/c1-14-6-9-18(23-13-16-7-8-16)17(10-14)11-15(2)12-21-19(22)24-20(3,4)5;1-2/h6,9-10,15-16H,7-8,11-13H2,1-5H3,(H,21,22);1-2H3. The van der Waals surface area contributed by atoms with Crippen LogP contribution in [-0.4, -0.2) is 24.8 Å². The average Bonchev–Trinajstić information content (AvgIpc) is 3.37. The highest BCUT2D eigenvalue weighted by Gasteiger charge is 2.22. The number of hydrogen-bond donors (Lipinski definition) is 1. The second kappa shape index (κ2) is 10.4. The Balaban J connectivity index is 0.00000163. The molecule has 26 heavy (non-hydrogen) atoms. The molecule has 0 bridgehead atoms. The molecule has 4 heteroatoms. The van der Waals surface area contributed by atoms with E-state index in [1.165, 1.54) is 24.0 Å². The molecule has 1 atom stereocenters. The third-order valence-corrected chi connectivity index (χ3v) is 3.95. The van der Waals surface area contributed by atoms with Gasteiger partial charge < -0.3 is 14.8 Å². The summed E-state index contributed by atoms with van der Waals surface area (Å²) >= 11 is 0. The maximum Gasteiger partial charge on any atom is 0.407 e. The van der Waals surface area contributed by atoms with Crippen molar-refractivity contribution in [3.63, 3.8) is 0 Å². The molecule has 1 unspecified atom stereocenters. The molecule has 0 aromatic heterocycles. The van der Waals surface area contributed by atoms with Gasteiger partial charge in [-0.25, -0.2) is 4.79 Å². The summed E-state index contributed by atoms with van der Waals surface area (Å²) in [5.74, 6) is 2.03. The lowest BCUT2D eigenvalue weighted by Gasteiger charge is -2.21. The van der Waals surface area contributed by atoms with Crippen molar-refractivity contribution in [2.24, 2.45) is 11.8 Å². The SMILES string of the molecule is CC.Cc1ccc(OCC2CC2)c(CC(C)CNC(=O)OC(C)(C)C)c1. The van der Waals surface area contributed by atoms with Gasteiger partial charge in [-0.05, 0) is 70.4 Å². The van der Waals surface area contributed by atoms with Crippen LogP contribution in [0.4, 0.5) is 4.79 Å². The first-order valence-electron chi connectivity index (χ1n) is 9.92. The molecule has 1 saturated carbocycles. The van der Waals surface area contributed by atoms with Gasteiger partial charge in [0.05, 0.1) is 6.61 Å². The Bertz CT molecular complexity index is 559. The second-order valence-corrected chi connectivity index (χ2v) is 8.06. The highest BCUT2D eigenvalue weighted by atomic mass is 16.6. The molecule has 0 spiro atoms. The molecule has 0 heterocycles. The van der Waals surface area contributed by atoms with E-state index in [1.54, 1.807) is 0 Å². The van der Waals surface area contributed by atoms with E-state index >= 15 is 0 Å². The smallest absolute Gasteiger partial charge is 0.407 e. The zero-order chi connectivity index (χ0) is 19.7. The van der Waals surface area contributed by atoms with E-state index in [1.807, 2.05) is 34.6 Å². The van der Waals surface area contributed by atoms with Gasteiger partial charge in [-0.1, -0.05) is 38.5 Å². The minimum Gasteiger partial charge on any atom is -0.493 e. The Morgan fingerprint density at radius 2 is 1.92 bits per heavy atom. The highest BCUT2D eigenvalue weighted by molar-refractivity contribution is 5.67. The van der Waals surface area contributed by atoms with E-state index in [9.17, 15) is 4.79 Å². The first kappa shape index (κ1) is 22.3. The Hall–Kier alpha value is -1.71. The number of aryl methyl sites for hydroxylation is 1. The lowest BCUT2D eigenvalue weighted by Crippen LogP contribution is -2.35. The molecule has 148 valence electrons. The van der Waals surface area contributed by atoms with Crippen molar-refractivity contribution in [3.8, 4) is 5.75 Å². The fourth-order valence-corrected chi connectivity index (χ4v) is 2.52. The zero-order valence-corrected chi connectivity index (χ0v) is 17.6. The van der Waals surface area contributed by atoms with Gasteiger partial charge in [0, 0.05) is 6.54 Å². The third-order valence-electron chi connectivity index (χ3n) is 3.95. The molecule has 0 aliphatic heterocycles. The fourth-order valence-electron chi connectivity index (χ4n) is 2.52. The van der Waals surface area contributed by atoms with Gasteiger partial charge >= 0.3 is 6.09 Å². The molecule has 1 amide bonds. The van der Waals surface area contributed by atoms with Crippen LogP contribution in [0.1, 0.15) is 65.5 Å². The van der Waals surface area contributed by atoms with Gasteiger partial charge in [-0.3, -0.25) is 0 Å². The van der Waals surface area contributed by atoms with Crippen LogP contribution in [-0.2, 0) is 11.2 Å². The molecule has 0 radical (unpaired) electrons. The number of alkyl carbamates (subject to hydrolysis) is 1. The van der Waals surface area contributed by atoms with E-state index in [2.05, 4.69) is 37.4 Å². The summed E-state index contributed by atoms with van der Waals surface area (Å²) in [6, 6.07) is 6.35.